The number of nitrogens with one attached hydrogen (secondary N) is 1. The van der Waals surface area contributed by atoms with Gasteiger partial charge in [-0.1, -0.05) is 29.8 Å². The van der Waals surface area contributed by atoms with E-state index in [9.17, 15) is 9.59 Å². The van der Waals surface area contributed by atoms with Crippen molar-refractivity contribution in [3.63, 3.8) is 0 Å². The van der Waals surface area contributed by atoms with Gasteiger partial charge in [0.25, 0.3) is 5.91 Å². The Hall–Kier alpha value is -2.97. The minimum atomic E-state index is -0.487. The van der Waals surface area contributed by atoms with Gasteiger partial charge in [-0.25, -0.2) is 9.55 Å². The van der Waals surface area contributed by atoms with E-state index in [2.05, 4.69) is 22.1 Å². The van der Waals surface area contributed by atoms with Gasteiger partial charge in [0.1, 0.15) is 11.9 Å². The van der Waals surface area contributed by atoms with Crippen molar-refractivity contribution in [3.05, 3.63) is 57.8 Å². The molecule has 1 aromatic heterocycles. The summed E-state index contributed by atoms with van der Waals surface area (Å²) in [5.74, 6) is 0.579. The maximum atomic E-state index is 13.0. The van der Waals surface area contributed by atoms with Crippen molar-refractivity contribution in [2.24, 2.45) is 0 Å². The molecule has 3 aromatic rings. The maximum Gasteiger partial charge on any atom is 0.257 e. The largest absolute Gasteiger partial charge is 0.368 e. The molecule has 1 saturated heterocycles. The highest BCUT2D eigenvalue weighted by Crippen LogP contribution is 2.29. The molecule has 170 valence electrons. The molecule has 7 nitrogen and oxygen atoms in total. The average molecular weight is 482 g/mol. The fraction of sp³-hybridized carbons (Fsp3) is 0.333. The molecule has 1 N–H and O–H groups in total. The van der Waals surface area contributed by atoms with Crippen LogP contribution in [-0.4, -0.2) is 58.5 Å². The SMILES string of the molecule is Cc1ccc(Cl)cc1N1CCN(C(=O)CC[C@@H]2Nc3c4ccccc4nc(=S)n3C2=O)CC1. The minimum Gasteiger partial charge on any atom is -0.368 e. The quantitative estimate of drug-likeness (QED) is 0.560. The Kier molecular flexibility index (Phi) is 5.80. The normalized spacial score (nSPS) is 17.9. The number of anilines is 2. The molecule has 0 unspecified atom stereocenters. The smallest absolute Gasteiger partial charge is 0.257 e. The summed E-state index contributed by atoms with van der Waals surface area (Å²) in [4.78, 5) is 34.4. The number of benzene rings is 2. The van der Waals surface area contributed by atoms with Crippen LogP contribution in [0.4, 0.5) is 11.5 Å². The number of piperazine rings is 1. The Morgan fingerprint density at radius 2 is 1.94 bits per heavy atom. The van der Waals surface area contributed by atoms with Gasteiger partial charge >= 0.3 is 0 Å². The standard InChI is InChI=1S/C24H24ClN5O2S/c1-15-6-7-16(25)14-20(15)28-10-12-29(13-11-28)21(31)9-8-19-23(32)30-22(26-19)17-4-2-3-5-18(17)27-24(30)33/h2-7,14,19,26H,8-13H2,1H3/t19-/m0/s1. The van der Waals surface area contributed by atoms with Crippen LogP contribution >= 0.6 is 23.8 Å². The van der Waals surface area contributed by atoms with E-state index >= 15 is 0 Å². The zero-order valence-corrected chi connectivity index (χ0v) is 19.8. The number of amides is 1. The number of hydrogen-bond acceptors (Lipinski definition) is 6. The molecular formula is C24H24ClN5O2S. The minimum absolute atomic E-state index is 0.0644. The van der Waals surface area contributed by atoms with Gasteiger partial charge in [-0.15, -0.1) is 0 Å². The number of aromatic nitrogens is 2. The van der Waals surface area contributed by atoms with E-state index < -0.39 is 6.04 Å². The third-order valence-electron chi connectivity index (χ3n) is 6.41. The number of hydrogen-bond donors (Lipinski definition) is 1. The fourth-order valence-electron chi connectivity index (χ4n) is 4.61. The lowest BCUT2D eigenvalue weighted by Crippen LogP contribution is -2.49. The summed E-state index contributed by atoms with van der Waals surface area (Å²) >= 11 is 11.5. The molecule has 2 aliphatic heterocycles. The second kappa shape index (κ2) is 8.76. The van der Waals surface area contributed by atoms with Crippen molar-refractivity contribution >= 4 is 58.0 Å². The van der Waals surface area contributed by atoms with E-state index in [4.69, 9.17) is 23.8 Å². The Labute approximate surface area is 202 Å². The zero-order chi connectivity index (χ0) is 23.1. The highest BCUT2D eigenvalue weighted by molar-refractivity contribution is 7.71. The second-order valence-corrected chi connectivity index (χ2v) is 9.27. The predicted octanol–water partition coefficient (Wildman–Crippen LogP) is 4.29. The molecule has 0 radical (unpaired) electrons. The average Bonchev–Trinajstić information content (AvgIpc) is 3.16. The molecule has 2 aliphatic rings. The van der Waals surface area contributed by atoms with E-state index in [1.807, 2.05) is 47.4 Å². The first kappa shape index (κ1) is 21.9. The number of fused-ring (bicyclic) bond motifs is 3. The van der Waals surface area contributed by atoms with E-state index in [-0.39, 0.29) is 16.6 Å². The number of nitrogens with zero attached hydrogens (tertiary/aromatic N) is 4. The molecule has 0 saturated carbocycles. The molecule has 0 aliphatic carbocycles. The van der Waals surface area contributed by atoms with Gasteiger partial charge in [-0.3, -0.25) is 9.59 Å². The van der Waals surface area contributed by atoms with Crippen molar-refractivity contribution in [3.8, 4) is 0 Å². The lowest BCUT2D eigenvalue weighted by molar-refractivity contribution is -0.131. The maximum absolute atomic E-state index is 13.0. The highest BCUT2D eigenvalue weighted by Gasteiger charge is 2.33. The van der Waals surface area contributed by atoms with Crippen molar-refractivity contribution in [1.82, 2.24) is 14.5 Å². The lowest BCUT2D eigenvalue weighted by Gasteiger charge is -2.37. The summed E-state index contributed by atoms with van der Waals surface area (Å²) in [5, 5.41) is 4.84. The van der Waals surface area contributed by atoms with Crippen LogP contribution in [0.3, 0.4) is 0 Å². The van der Waals surface area contributed by atoms with E-state index in [1.54, 1.807) is 0 Å². The molecule has 1 amide bonds. The van der Waals surface area contributed by atoms with Gasteiger partial charge in [0.2, 0.25) is 10.7 Å². The molecule has 33 heavy (non-hydrogen) atoms. The van der Waals surface area contributed by atoms with Gasteiger partial charge < -0.3 is 15.1 Å². The van der Waals surface area contributed by atoms with Crippen molar-refractivity contribution in [2.75, 3.05) is 36.4 Å². The third kappa shape index (κ3) is 4.09. The van der Waals surface area contributed by atoms with Crippen LogP contribution in [0.5, 0.6) is 0 Å². The highest BCUT2D eigenvalue weighted by atomic mass is 35.5. The first-order valence-electron chi connectivity index (χ1n) is 11.0. The van der Waals surface area contributed by atoms with Crippen LogP contribution < -0.4 is 10.2 Å². The molecule has 9 heteroatoms. The summed E-state index contributed by atoms with van der Waals surface area (Å²) < 4.78 is 1.70. The molecule has 5 rings (SSSR count). The Bertz CT molecular complexity index is 1320. The lowest BCUT2D eigenvalue weighted by atomic mass is 10.1. The van der Waals surface area contributed by atoms with E-state index in [1.165, 1.54) is 10.1 Å². The van der Waals surface area contributed by atoms with Gasteiger partial charge in [-0.05, 0) is 55.4 Å². The molecule has 2 aromatic carbocycles. The zero-order valence-electron chi connectivity index (χ0n) is 18.3. The Balaban J connectivity index is 1.21. The van der Waals surface area contributed by atoms with Crippen LogP contribution in [0.25, 0.3) is 10.9 Å². The Morgan fingerprint density at radius 1 is 1.18 bits per heavy atom. The molecule has 3 heterocycles. The van der Waals surface area contributed by atoms with Gasteiger partial charge in [0.05, 0.1) is 5.52 Å². The summed E-state index contributed by atoms with van der Waals surface area (Å²) in [6.07, 6.45) is 0.711. The Morgan fingerprint density at radius 3 is 2.73 bits per heavy atom. The number of rotatable bonds is 4. The molecular weight excluding hydrogens is 458 g/mol. The first-order valence-corrected chi connectivity index (χ1v) is 11.8. The summed E-state index contributed by atoms with van der Waals surface area (Å²) in [6, 6.07) is 13.0. The summed E-state index contributed by atoms with van der Waals surface area (Å²) in [5.41, 5.74) is 3.04. The van der Waals surface area contributed by atoms with Crippen LogP contribution in [-0.2, 0) is 4.79 Å². The number of carbonyl (C=O) groups excluding carboxylic acids is 2. The summed E-state index contributed by atoms with van der Waals surface area (Å²) in [6.45, 7) is 4.88. The van der Waals surface area contributed by atoms with Crippen molar-refractivity contribution in [1.29, 1.82) is 0 Å². The van der Waals surface area contributed by atoms with Crippen molar-refractivity contribution < 1.29 is 9.59 Å². The van der Waals surface area contributed by atoms with Crippen LogP contribution in [0.2, 0.25) is 5.02 Å². The molecule has 1 atom stereocenters. The number of aryl methyl sites for hydroxylation is 1. The van der Waals surface area contributed by atoms with Crippen LogP contribution in [0.15, 0.2) is 42.5 Å². The number of para-hydroxylation sites is 1. The van der Waals surface area contributed by atoms with Crippen LogP contribution in [0.1, 0.15) is 23.2 Å². The van der Waals surface area contributed by atoms with Crippen LogP contribution in [0, 0.1) is 11.7 Å². The molecule has 0 bridgehead atoms. The first-order chi connectivity index (χ1) is 15.9. The molecule has 1 fully saturated rings. The number of halogens is 1. The monoisotopic (exact) mass is 481 g/mol. The third-order valence-corrected chi connectivity index (χ3v) is 6.92. The van der Waals surface area contributed by atoms with Gasteiger partial charge in [0.15, 0.2) is 0 Å². The second-order valence-electron chi connectivity index (χ2n) is 8.47. The van der Waals surface area contributed by atoms with E-state index in [0.717, 1.165) is 29.7 Å². The topological polar surface area (TPSA) is 70.5 Å². The van der Waals surface area contributed by atoms with Crippen molar-refractivity contribution in [2.45, 2.75) is 25.8 Å². The van der Waals surface area contributed by atoms with E-state index in [0.29, 0.717) is 36.8 Å². The fourth-order valence-corrected chi connectivity index (χ4v) is 5.06. The number of carbonyl (C=O) groups is 2. The summed E-state index contributed by atoms with van der Waals surface area (Å²) in [7, 11) is 0. The molecule has 0 spiro atoms. The van der Waals surface area contributed by atoms with Gasteiger partial charge in [0, 0.05) is 48.7 Å². The predicted molar refractivity (Wildman–Crippen MR) is 133 cm³/mol. The van der Waals surface area contributed by atoms with Gasteiger partial charge in [-0.2, -0.15) is 0 Å².